The summed E-state index contributed by atoms with van der Waals surface area (Å²) in [5.41, 5.74) is 5.21. The molecular formula is C9H14KNO3S. The Morgan fingerprint density at radius 2 is 1.87 bits per heavy atom. The van der Waals surface area contributed by atoms with E-state index in [4.69, 9.17) is 9.92 Å². The average molecular weight is 255 g/mol. The molecule has 0 aliphatic rings. The van der Waals surface area contributed by atoms with Crippen LogP contribution >= 0.6 is 0 Å². The second-order valence-corrected chi connectivity index (χ2v) is 4.49. The van der Waals surface area contributed by atoms with Crippen molar-refractivity contribution in [2.75, 3.05) is 12.3 Å². The first-order valence-electron chi connectivity index (χ1n) is 4.31. The molecule has 15 heavy (non-hydrogen) atoms. The quantitative estimate of drug-likeness (QED) is 0.482. The van der Waals surface area contributed by atoms with Gasteiger partial charge in [-0.05, 0) is 25.1 Å². The van der Waals surface area contributed by atoms with Crippen LogP contribution in [-0.4, -0.2) is 20.7 Å². The third-order valence-electron chi connectivity index (χ3n) is 1.56. The van der Waals surface area contributed by atoms with Crippen molar-refractivity contribution in [3.8, 4) is 5.75 Å². The number of para-hydroxylation sites is 1. The standard InChI is InChI=1S/C9H13NO3S.K.H/c10-7-4-8-14(11,12)13-9-5-2-1-3-6-9;;/h1-3,5-6H,4,7-8,10H2;;/q;+1;-1. The summed E-state index contributed by atoms with van der Waals surface area (Å²) in [5, 5.41) is 0. The van der Waals surface area contributed by atoms with E-state index in [2.05, 4.69) is 0 Å². The van der Waals surface area contributed by atoms with Gasteiger partial charge in [0, 0.05) is 0 Å². The predicted molar refractivity (Wildman–Crippen MR) is 55.6 cm³/mol. The van der Waals surface area contributed by atoms with Crippen LogP contribution in [-0.2, 0) is 10.1 Å². The van der Waals surface area contributed by atoms with Crippen LogP contribution in [0.4, 0.5) is 0 Å². The van der Waals surface area contributed by atoms with Crippen molar-refractivity contribution in [1.82, 2.24) is 0 Å². The summed E-state index contributed by atoms with van der Waals surface area (Å²) < 4.78 is 27.4. The first-order valence-corrected chi connectivity index (χ1v) is 5.89. The van der Waals surface area contributed by atoms with Crippen molar-refractivity contribution in [3.05, 3.63) is 30.3 Å². The molecule has 0 radical (unpaired) electrons. The van der Waals surface area contributed by atoms with E-state index in [1.165, 1.54) is 0 Å². The Morgan fingerprint density at radius 1 is 1.27 bits per heavy atom. The zero-order chi connectivity index (χ0) is 10.4. The van der Waals surface area contributed by atoms with Crippen LogP contribution in [0.1, 0.15) is 7.85 Å². The van der Waals surface area contributed by atoms with E-state index >= 15 is 0 Å². The van der Waals surface area contributed by atoms with E-state index in [-0.39, 0.29) is 58.6 Å². The molecule has 0 bridgehead atoms. The maximum Gasteiger partial charge on any atom is 1.00 e. The topological polar surface area (TPSA) is 69.4 Å². The maximum absolute atomic E-state index is 11.3. The number of benzene rings is 1. The fourth-order valence-corrected chi connectivity index (χ4v) is 1.93. The minimum absolute atomic E-state index is 0. The molecular weight excluding hydrogens is 241 g/mol. The van der Waals surface area contributed by atoms with Gasteiger partial charge in [-0.3, -0.25) is 0 Å². The van der Waals surface area contributed by atoms with E-state index in [1.807, 2.05) is 0 Å². The number of rotatable bonds is 5. The molecule has 0 spiro atoms. The molecule has 0 saturated heterocycles. The molecule has 6 heteroatoms. The largest absolute Gasteiger partial charge is 1.00 e. The molecule has 0 atom stereocenters. The van der Waals surface area contributed by atoms with E-state index in [0.29, 0.717) is 18.7 Å². The van der Waals surface area contributed by atoms with Gasteiger partial charge in [-0.15, -0.1) is 0 Å². The number of hydrogen-bond donors (Lipinski definition) is 1. The van der Waals surface area contributed by atoms with Gasteiger partial charge in [0.25, 0.3) is 0 Å². The molecule has 1 aromatic rings. The van der Waals surface area contributed by atoms with Crippen LogP contribution in [0, 0.1) is 0 Å². The van der Waals surface area contributed by atoms with Gasteiger partial charge < -0.3 is 11.3 Å². The molecule has 0 saturated carbocycles. The van der Waals surface area contributed by atoms with Gasteiger partial charge in [0.05, 0.1) is 5.75 Å². The molecule has 0 unspecified atom stereocenters. The van der Waals surface area contributed by atoms with E-state index in [0.717, 1.165) is 0 Å². The molecule has 1 rings (SSSR count). The van der Waals surface area contributed by atoms with Crippen molar-refractivity contribution in [2.45, 2.75) is 6.42 Å². The van der Waals surface area contributed by atoms with E-state index in [9.17, 15) is 8.42 Å². The van der Waals surface area contributed by atoms with Gasteiger partial charge in [0.2, 0.25) is 0 Å². The molecule has 0 heterocycles. The first kappa shape index (κ1) is 15.6. The molecule has 2 N–H and O–H groups in total. The fraction of sp³-hybridized carbons (Fsp3) is 0.333. The molecule has 80 valence electrons. The molecule has 4 nitrogen and oxygen atoms in total. The summed E-state index contributed by atoms with van der Waals surface area (Å²) in [6.07, 6.45) is 0.412. The fourth-order valence-electron chi connectivity index (χ4n) is 0.924. The molecule has 0 aromatic heterocycles. The van der Waals surface area contributed by atoms with Gasteiger partial charge in [-0.25, -0.2) is 0 Å². The molecule has 0 aliphatic heterocycles. The Morgan fingerprint density at radius 3 is 2.40 bits per heavy atom. The zero-order valence-corrected chi connectivity index (χ0v) is 12.7. The summed E-state index contributed by atoms with van der Waals surface area (Å²) in [6.45, 7) is 0.345. The van der Waals surface area contributed by atoms with E-state index in [1.54, 1.807) is 30.3 Å². The minimum Gasteiger partial charge on any atom is -1.00 e. The van der Waals surface area contributed by atoms with Gasteiger partial charge in [0.15, 0.2) is 0 Å². The smallest absolute Gasteiger partial charge is 1.00 e. The van der Waals surface area contributed by atoms with Crippen molar-refractivity contribution in [3.63, 3.8) is 0 Å². The van der Waals surface area contributed by atoms with Gasteiger partial charge in [-0.1, -0.05) is 18.2 Å². The third kappa shape index (κ3) is 6.67. The Labute approximate surface area is 134 Å². The summed E-state index contributed by atoms with van der Waals surface area (Å²) in [6, 6.07) is 8.42. The van der Waals surface area contributed by atoms with Crippen molar-refractivity contribution in [2.24, 2.45) is 5.73 Å². The Kier molecular flexibility index (Phi) is 8.07. The molecule has 1 aromatic carbocycles. The van der Waals surface area contributed by atoms with Crippen molar-refractivity contribution < 1.29 is 65.4 Å². The molecule has 0 fully saturated rings. The van der Waals surface area contributed by atoms with Crippen LogP contribution in [0.5, 0.6) is 5.75 Å². The second-order valence-electron chi connectivity index (χ2n) is 2.80. The van der Waals surface area contributed by atoms with Crippen LogP contribution in [0.25, 0.3) is 0 Å². The monoisotopic (exact) mass is 255 g/mol. The third-order valence-corrected chi connectivity index (χ3v) is 2.80. The summed E-state index contributed by atoms with van der Waals surface area (Å²) >= 11 is 0. The Hall–Kier alpha value is 0.566. The van der Waals surface area contributed by atoms with Crippen LogP contribution in [0.3, 0.4) is 0 Å². The minimum atomic E-state index is -3.48. The predicted octanol–water partition coefficient (Wildman–Crippen LogP) is -2.14. The molecule has 0 amide bonds. The normalized spacial score (nSPS) is 10.5. The van der Waals surface area contributed by atoms with Crippen molar-refractivity contribution in [1.29, 1.82) is 0 Å². The van der Waals surface area contributed by atoms with Crippen molar-refractivity contribution >= 4 is 10.1 Å². The first-order chi connectivity index (χ1) is 6.64. The van der Waals surface area contributed by atoms with Crippen LogP contribution in [0.2, 0.25) is 0 Å². The molecule has 0 aliphatic carbocycles. The Balaban J connectivity index is 0. The summed E-state index contributed by atoms with van der Waals surface area (Å²) in [4.78, 5) is 0. The Bertz CT molecular complexity index is 372. The van der Waals surface area contributed by atoms with E-state index < -0.39 is 10.1 Å². The second kappa shape index (κ2) is 7.78. The number of nitrogens with two attached hydrogens (primary N) is 1. The van der Waals surface area contributed by atoms with Crippen LogP contribution in [0.15, 0.2) is 30.3 Å². The van der Waals surface area contributed by atoms with Gasteiger partial charge in [0.1, 0.15) is 5.75 Å². The van der Waals surface area contributed by atoms with Gasteiger partial charge >= 0.3 is 61.5 Å². The summed E-state index contributed by atoms with van der Waals surface area (Å²) in [7, 11) is -3.48. The average Bonchev–Trinajstić information content (AvgIpc) is 2.16. The van der Waals surface area contributed by atoms with Gasteiger partial charge in [-0.2, -0.15) is 8.42 Å². The zero-order valence-electron chi connectivity index (χ0n) is 9.72. The van der Waals surface area contributed by atoms with Crippen LogP contribution < -0.4 is 61.3 Å². The maximum atomic E-state index is 11.3. The SMILES string of the molecule is NCCCS(=O)(=O)Oc1ccccc1.[H-].[K+]. The summed E-state index contributed by atoms with van der Waals surface area (Å²) in [5.74, 6) is 0.294. The number of hydrogen-bond acceptors (Lipinski definition) is 4.